The number of hydrogen-bond acceptors (Lipinski definition) is 0. The average molecular weight is 291 g/mol. The molecular formula is C17H26FNSi. The average Bonchev–Trinajstić information content (AvgIpc) is 2.66. The Hall–Kier alpha value is -1.09. The quantitative estimate of drug-likeness (QED) is 0.627. The number of benzene rings is 1. The van der Waals surface area contributed by atoms with Crippen molar-refractivity contribution in [3.63, 3.8) is 0 Å². The molecule has 0 fully saturated rings. The van der Waals surface area contributed by atoms with Crippen LogP contribution in [0.3, 0.4) is 0 Å². The molecule has 0 saturated carbocycles. The van der Waals surface area contributed by atoms with E-state index in [-0.39, 0.29) is 5.95 Å². The largest absolute Gasteiger partial charge is 0.345 e. The molecule has 0 aliphatic carbocycles. The molecule has 0 saturated heterocycles. The Morgan fingerprint density at radius 1 is 0.900 bits per heavy atom. The van der Waals surface area contributed by atoms with Crippen molar-refractivity contribution in [3.05, 3.63) is 36.3 Å². The molecule has 1 heterocycles. The van der Waals surface area contributed by atoms with Crippen LogP contribution in [-0.2, 0) is 0 Å². The molecule has 0 aliphatic heterocycles. The summed E-state index contributed by atoms with van der Waals surface area (Å²) in [6, 6.07) is 9.76. The van der Waals surface area contributed by atoms with Crippen LogP contribution < -0.4 is 0 Å². The van der Waals surface area contributed by atoms with Crippen LogP contribution in [0.4, 0.5) is 4.39 Å². The number of nitrogens with zero attached hydrogens (tertiary/aromatic N) is 1. The van der Waals surface area contributed by atoms with Crippen molar-refractivity contribution in [3.8, 4) is 0 Å². The van der Waals surface area contributed by atoms with Crippen LogP contribution in [0.25, 0.3) is 10.9 Å². The minimum absolute atomic E-state index is 0.0611. The molecular weight excluding hydrogens is 265 g/mol. The van der Waals surface area contributed by atoms with Gasteiger partial charge in [-0.05, 0) is 28.8 Å². The highest BCUT2D eigenvalue weighted by Crippen LogP contribution is 2.44. The number of halogens is 1. The van der Waals surface area contributed by atoms with Crippen LogP contribution in [0.1, 0.15) is 41.5 Å². The van der Waals surface area contributed by atoms with Crippen molar-refractivity contribution in [2.24, 2.45) is 0 Å². The first-order valence-electron chi connectivity index (χ1n) is 7.59. The van der Waals surface area contributed by atoms with Crippen molar-refractivity contribution < 1.29 is 4.39 Å². The van der Waals surface area contributed by atoms with E-state index in [1.165, 1.54) is 0 Å². The summed E-state index contributed by atoms with van der Waals surface area (Å²) >= 11 is 0. The minimum atomic E-state index is -2.02. The lowest BCUT2D eigenvalue weighted by molar-refractivity contribution is 0.560. The molecule has 0 N–H and O–H groups in total. The Labute approximate surface area is 122 Å². The van der Waals surface area contributed by atoms with Gasteiger partial charge in [0.1, 0.15) is 0 Å². The highest BCUT2D eigenvalue weighted by Gasteiger charge is 2.47. The lowest BCUT2D eigenvalue weighted by Gasteiger charge is -2.44. The number of rotatable bonds is 4. The predicted molar refractivity (Wildman–Crippen MR) is 88.3 cm³/mol. The summed E-state index contributed by atoms with van der Waals surface area (Å²) in [6.45, 7) is 13.6. The summed E-state index contributed by atoms with van der Waals surface area (Å²) in [5, 5.41) is 1.02. The van der Waals surface area contributed by atoms with Gasteiger partial charge >= 0.3 is 0 Å². The molecule has 0 atom stereocenters. The van der Waals surface area contributed by atoms with E-state index in [1.54, 1.807) is 6.07 Å². The Balaban J connectivity index is 2.85. The highest BCUT2D eigenvalue weighted by molar-refractivity contribution is 6.82. The number of aromatic nitrogens is 1. The van der Waals surface area contributed by atoms with Gasteiger partial charge in [-0.15, -0.1) is 0 Å². The van der Waals surface area contributed by atoms with Crippen LogP contribution in [0.5, 0.6) is 0 Å². The van der Waals surface area contributed by atoms with E-state index in [4.69, 9.17) is 0 Å². The second-order valence-corrected chi connectivity index (χ2v) is 12.4. The van der Waals surface area contributed by atoms with Gasteiger partial charge < -0.3 is 4.23 Å². The summed E-state index contributed by atoms with van der Waals surface area (Å²) in [4.78, 5) is 0. The smallest absolute Gasteiger partial charge is 0.186 e. The third kappa shape index (κ3) is 2.03. The number of fused-ring (bicyclic) bond motifs is 1. The summed E-state index contributed by atoms with van der Waals surface area (Å²) < 4.78 is 16.9. The van der Waals surface area contributed by atoms with Crippen molar-refractivity contribution >= 4 is 19.1 Å². The lowest BCUT2D eigenvalue weighted by atomic mass is 10.3. The van der Waals surface area contributed by atoms with E-state index < -0.39 is 8.24 Å². The summed E-state index contributed by atoms with van der Waals surface area (Å²) in [7, 11) is -2.02. The highest BCUT2D eigenvalue weighted by atomic mass is 28.3. The van der Waals surface area contributed by atoms with E-state index >= 15 is 0 Å². The van der Waals surface area contributed by atoms with Gasteiger partial charge in [-0.25, -0.2) is 0 Å². The van der Waals surface area contributed by atoms with Crippen LogP contribution in [-0.4, -0.2) is 12.5 Å². The number of para-hydroxylation sites is 1. The van der Waals surface area contributed by atoms with Gasteiger partial charge in [-0.1, -0.05) is 59.7 Å². The zero-order chi connectivity index (χ0) is 15.1. The Bertz CT molecular complexity index is 576. The standard InChI is InChI=1S/C17H26FNSi/c1-12(2)20(13(3)4,14(5)6)19-16-10-8-7-9-15(16)11-17(19)18/h7-14H,1-6H3. The molecule has 0 radical (unpaired) electrons. The van der Waals surface area contributed by atoms with Crippen molar-refractivity contribution in [2.45, 2.75) is 58.2 Å². The molecule has 0 aliphatic rings. The fraction of sp³-hybridized carbons (Fsp3) is 0.529. The van der Waals surface area contributed by atoms with E-state index in [2.05, 4.69) is 51.8 Å². The fourth-order valence-electron chi connectivity index (χ4n) is 4.29. The summed E-state index contributed by atoms with van der Waals surface area (Å²) in [6.07, 6.45) is 0. The fourth-order valence-corrected chi connectivity index (χ4v) is 10.9. The van der Waals surface area contributed by atoms with Gasteiger partial charge in [0, 0.05) is 10.9 Å². The number of hydrogen-bond donors (Lipinski definition) is 0. The maximum absolute atomic E-state index is 14.8. The van der Waals surface area contributed by atoms with E-state index in [0.717, 1.165) is 10.9 Å². The predicted octanol–water partition coefficient (Wildman–Crippen LogP) is 5.80. The molecule has 2 aromatic rings. The van der Waals surface area contributed by atoms with Crippen molar-refractivity contribution in [1.29, 1.82) is 0 Å². The second-order valence-electron chi connectivity index (χ2n) is 6.71. The zero-order valence-corrected chi connectivity index (χ0v) is 14.4. The minimum Gasteiger partial charge on any atom is -0.345 e. The van der Waals surface area contributed by atoms with Gasteiger partial charge in [0.05, 0.1) is 0 Å². The van der Waals surface area contributed by atoms with E-state index in [1.807, 2.05) is 18.2 Å². The van der Waals surface area contributed by atoms with Crippen molar-refractivity contribution in [2.75, 3.05) is 0 Å². The van der Waals surface area contributed by atoms with E-state index in [9.17, 15) is 4.39 Å². The molecule has 0 bridgehead atoms. The molecule has 20 heavy (non-hydrogen) atoms. The third-order valence-electron chi connectivity index (χ3n) is 4.83. The first-order chi connectivity index (χ1) is 9.33. The molecule has 0 amide bonds. The summed E-state index contributed by atoms with van der Waals surface area (Å²) in [5.74, 6) is -0.0611. The molecule has 3 heteroatoms. The Morgan fingerprint density at radius 3 is 1.90 bits per heavy atom. The van der Waals surface area contributed by atoms with Gasteiger partial charge in [-0.3, -0.25) is 0 Å². The SMILES string of the molecule is CC(C)[Si](C(C)C)(C(C)C)n1c(F)cc2ccccc21. The zero-order valence-electron chi connectivity index (χ0n) is 13.4. The van der Waals surface area contributed by atoms with Crippen LogP contribution >= 0.6 is 0 Å². The molecule has 110 valence electrons. The molecule has 1 nitrogen and oxygen atoms in total. The maximum atomic E-state index is 14.8. The van der Waals surface area contributed by atoms with Gasteiger partial charge in [0.15, 0.2) is 14.2 Å². The Morgan fingerprint density at radius 2 is 1.40 bits per heavy atom. The van der Waals surface area contributed by atoms with Crippen LogP contribution in [0, 0.1) is 5.95 Å². The molecule has 1 aromatic heterocycles. The summed E-state index contributed by atoms with van der Waals surface area (Å²) in [5.41, 5.74) is 2.54. The third-order valence-corrected chi connectivity index (χ3v) is 11.6. The van der Waals surface area contributed by atoms with Crippen LogP contribution in [0.15, 0.2) is 30.3 Å². The van der Waals surface area contributed by atoms with E-state index in [0.29, 0.717) is 16.6 Å². The Kier molecular flexibility index (Phi) is 4.10. The molecule has 0 unspecified atom stereocenters. The van der Waals surface area contributed by atoms with Gasteiger partial charge in [0.25, 0.3) is 0 Å². The topological polar surface area (TPSA) is 4.93 Å². The van der Waals surface area contributed by atoms with Crippen LogP contribution in [0.2, 0.25) is 16.6 Å². The maximum Gasteiger partial charge on any atom is 0.186 e. The second kappa shape index (κ2) is 5.36. The molecule has 0 spiro atoms. The molecule has 1 aromatic carbocycles. The molecule has 2 rings (SSSR count). The van der Waals surface area contributed by atoms with Crippen molar-refractivity contribution in [1.82, 2.24) is 4.23 Å². The van der Waals surface area contributed by atoms with Gasteiger partial charge in [0.2, 0.25) is 0 Å². The normalized spacial score (nSPS) is 13.1. The lowest BCUT2D eigenvalue weighted by Crippen LogP contribution is -2.52. The van der Waals surface area contributed by atoms with Gasteiger partial charge in [-0.2, -0.15) is 4.39 Å². The monoisotopic (exact) mass is 291 g/mol. The first-order valence-corrected chi connectivity index (χ1v) is 9.77. The first kappa shape index (κ1) is 15.3.